The van der Waals surface area contributed by atoms with E-state index in [-0.39, 0.29) is 17.2 Å². The summed E-state index contributed by atoms with van der Waals surface area (Å²) >= 11 is 0. The van der Waals surface area contributed by atoms with Crippen molar-refractivity contribution in [2.75, 3.05) is 5.32 Å². The number of nitrogens with one attached hydrogen (secondary N) is 1. The van der Waals surface area contributed by atoms with E-state index in [1.165, 1.54) is 16.7 Å². The Kier molecular flexibility index (Phi) is 4.10. The Bertz CT molecular complexity index is 944. The van der Waals surface area contributed by atoms with Crippen LogP contribution in [0.4, 0.5) is 5.69 Å². The predicted molar refractivity (Wildman–Crippen MR) is 89.8 cm³/mol. The number of hydrogen-bond donors (Lipinski definition) is 3. The lowest BCUT2D eigenvalue weighted by atomic mass is 10.1. The molecule has 1 aromatic carbocycles. The molecule has 0 amide bonds. The second-order valence-corrected chi connectivity index (χ2v) is 5.69. The summed E-state index contributed by atoms with van der Waals surface area (Å²) in [5, 5.41) is 21.1. The Morgan fingerprint density at radius 3 is 2.48 bits per heavy atom. The number of nitrogens with zero attached hydrogens (tertiary/aromatic N) is 2. The van der Waals surface area contributed by atoms with Gasteiger partial charge in [0.15, 0.2) is 5.82 Å². The van der Waals surface area contributed by atoms with Crippen LogP contribution in [0.2, 0.25) is 0 Å². The van der Waals surface area contributed by atoms with Gasteiger partial charge in [-0.15, -0.1) is 0 Å². The van der Waals surface area contributed by atoms with Gasteiger partial charge in [0.05, 0.1) is 11.3 Å². The number of aromatic nitrogens is 2. The molecule has 1 aliphatic heterocycles. The van der Waals surface area contributed by atoms with Gasteiger partial charge in [-0.1, -0.05) is 6.08 Å². The summed E-state index contributed by atoms with van der Waals surface area (Å²) < 4.78 is 1.36. The third kappa shape index (κ3) is 3.01. The highest BCUT2D eigenvalue weighted by Gasteiger charge is 2.24. The lowest BCUT2D eigenvalue weighted by Gasteiger charge is -2.25. The van der Waals surface area contributed by atoms with E-state index in [1.807, 2.05) is 13.0 Å². The molecule has 3 rings (SSSR count). The highest BCUT2D eigenvalue weighted by molar-refractivity contribution is 5.89. The second kappa shape index (κ2) is 6.23. The van der Waals surface area contributed by atoms with Crippen LogP contribution in [0.25, 0.3) is 5.70 Å². The Labute approximate surface area is 142 Å². The fourth-order valence-electron chi connectivity index (χ4n) is 2.67. The average Bonchev–Trinajstić information content (AvgIpc) is 2.57. The predicted octanol–water partition coefficient (Wildman–Crippen LogP) is 2.06. The van der Waals surface area contributed by atoms with Crippen LogP contribution in [0.3, 0.4) is 0 Å². The molecule has 0 aliphatic carbocycles. The average molecular weight is 341 g/mol. The topological polar surface area (TPSA) is 122 Å². The lowest BCUT2D eigenvalue weighted by Crippen LogP contribution is -2.34. The van der Waals surface area contributed by atoms with Crippen molar-refractivity contribution in [2.24, 2.45) is 0 Å². The zero-order valence-corrected chi connectivity index (χ0v) is 13.3. The maximum absolute atomic E-state index is 12.4. The summed E-state index contributed by atoms with van der Waals surface area (Å²) in [5.41, 5.74) is 0.392. The highest BCUT2D eigenvalue weighted by atomic mass is 16.4. The van der Waals surface area contributed by atoms with Gasteiger partial charge >= 0.3 is 11.9 Å². The number of aromatic carboxylic acids is 2. The smallest absolute Gasteiger partial charge is 0.342 e. The molecule has 0 fully saturated rings. The van der Waals surface area contributed by atoms with Gasteiger partial charge in [-0.3, -0.25) is 9.36 Å². The van der Waals surface area contributed by atoms with Crippen molar-refractivity contribution in [3.63, 3.8) is 0 Å². The zero-order chi connectivity index (χ0) is 18.1. The van der Waals surface area contributed by atoms with Gasteiger partial charge in [0.25, 0.3) is 5.56 Å². The molecule has 0 bridgehead atoms. The normalized spacial score (nSPS) is 15.9. The maximum Gasteiger partial charge on any atom is 0.342 e. The van der Waals surface area contributed by atoms with E-state index in [2.05, 4.69) is 10.3 Å². The largest absolute Gasteiger partial charge is 0.478 e. The number of carbonyl (C=O) groups is 2. The van der Waals surface area contributed by atoms with Gasteiger partial charge in [0.1, 0.15) is 5.56 Å². The molecule has 0 spiro atoms. The minimum atomic E-state index is -1.31. The molecule has 1 aromatic heterocycles. The molecule has 1 atom stereocenters. The molecule has 0 saturated heterocycles. The van der Waals surface area contributed by atoms with E-state index < -0.39 is 17.5 Å². The van der Waals surface area contributed by atoms with Crippen LogP contribution in [0.15, 0.2) is 41.3 Å². The number of fused-ring (bicyclic) bond motifs is 1. The van der Waals surface area contributed by atoms with E-state index in [0.29, 0.717) is 23.6 Å². The highest BCUT2D eigenvalue weighted by Crippen LogP contribution is 2.26. The molecule has 1 unspecified atom stereocenters. The van der Waals surface area contributed by atoms with Crippen molar-refractivity contribution in [1.82, 2.24) is 9.55 Å². The summed E-state index contributed by atoms with van der Waals surface area (Å²) in [7, 11) is 0. The van der Waals surface area contributed by atoms with E-state index in [0.717, 1.165) is 6.20 Å². The van der Waals surface area contributed by atoms with Crippen molar-refractivity contribution in [2.45, 2.75) is 19.4 Å². The van der Waals surface area contributed by atoms with Gasteiger partial charge in [-0.05, 0) is 37.6 Å². The van der Waals surface area contributed by atoms with Crippen molar-refractivity contribution in [3.05, 3.63) is 63.8 Å². The van der Waals surface area contributed by atoms with Crippen LogP contribution >= 0.6 is 0 Å². The Morgan fingerprint density at radius 2 is 1.88 bits per heavy atom. The first-order valence-electron chi connectivity index (χ1n) is 7.54. The van der Waals surface area contributed by atoms with Gasteiger partial charge in [-0.2, -0.15) is 0 Å². The molecule has 8 heteroatoms. The van der Waals surface area contributed by atoms with Gasteiger partial charge < -0.3 is 15.5 Å². The van der Waals surface area contributed by atoms with Crippen LogP contribution in [-0.4, -0.2) is 31.7 Å². The molecule has 3 N–H and O–H groups in total. The lowest BCUT2D eigenvalue weighted by molar-refractivity contribution is 0.0684. The fraction of sp³-hybridized carbons (Fsp3) is 0.176. The van der Waals surface area contributed by atoms with Crippen LogP contribution in [0, 0.1) is 0 Å². The number of hydrogen-bond acceptors (Lipinski definition) is 5. The van der Waals surface area contributed by atoms with Crippen molar-refractivity contribution in [3.8, 4) is 0 Å². The standard InChI is InChI=1S/C17H15N3O5/c1-9-2-7-13(19-11-5-3-10(4-6-11)16(22)23)14-18-8-12(17(24)25)15(21)20(9)14/h3-9,19H,2H2,1H3,(H,22,23)(H,24,25). The van der Waals surface area contributed by atoms with Gasteiger partial charge in [-0.25, -0.2) is 14.6 Å². The minimum Gasteiger partial charge on any atom is -0.478 e. The van der Waals surface area contributed by atoms with E-state index in [9.17, 15) is 14.4 Å². The quantitative estimate of drug-likeness (QED) is 0.778. The molecule has 0 radical (unpaired) electrons. The summed E-state index contributed by atoms with van der Waals surface area (Å²) in [6, 6.07) is 5.93. The SMILES string of the molecule is CC1CC=C(Nc2ccc(C(=O)O)cc2)c2ncc(C(=O)O)c(=O)n21. The zero-order valence-electron chi connectivity index (χ0n) is 13.3. The van der Waals surface area contributed by atoms with Crippen molar-refractivity contribution in [1.29, 1.82) is 0 Å². The van der Waals surface area contributed by atoms with E-state index in [4.69, 9.17) is 10.2 Å². The molecule has 8 nitrogen and oxygen atoms in total. The summed E-state index contributed by atoms with van der Waals surface area (Å²) in [6.07, 6.45) is 3.46. The van der Waals surface area contributed by atoms with Gasteiger partial charge in [0.2, 0.25) is 0 Å². The second-order valence-electron chi connectivity index (χ2n) is 5.69. The first-order valence-corrected chi connectivity index (χ1v) is 7.54. The molecule has 128 valence electrons. The molecule has 25 heavy (non-hydrogen) atoms. The third-order valence-electron chi connectivity index (χ3n) is 3.98. The first kappa shape index (κ1) is 16.4. The number of carboxylic acid groups (broad SMARTS) is 2. The van der Waals surface area contributed by atoms with Crippen LogP contribution < -0.4 is 10.9 Å². The van der Waals surface area contributed by atoms with Crippen LogP contribution in [0.1, 0.15) is 45.9 Å². The Balaban J connectivity index is 1.98. The maximum atomic E-state index is 12.4. The minimum absolute atomic E-state index is 0.164. The molecule has 2 heterocycles. The number of anilines is 1. The monoisotopic (exact) mass is 341 g/mol. The molecule has 2 aromatic rings. The Morgan fingerprint density at radius 1 is 1.20 bits per heavy atom. The number of rotatable bonds is 4. The molecule has 1 aliphatic rings. The van der Waals surface area contributed by atoms with Crippen molar-refractivity contribution >= 4 is 23.3 Å². The fourth-order valence-corrected chi connectivity index (χ4v) is 2.67. The number of carboxylic acids is 2. The molecular weight excluding hydrogens is 326 g/mol. The van der Waals surface area contributed by atoms with Gasteiger partial charge in [0, 0.05) is 17.9 Å². The first-order chi connectivity index (χ1) is 11.9. The summed E-state index contributed by atoms with van der Waals surface area (Å²) in [6.45, 7) is 1.81. The number of benzene rings is 1. The summed E-state index contributed by atoms with van der Waals surface area (Å²) in [5.74, 6) is -1.98. The number of allylic oxidation sites excluding steroid dienone is 1. The van der Waals surface area contributed by atoms with E-state index >= 15 is 0 Å². The van der Waals surface area contributed by atoms with Crippen molar-refractivity contribution < 1.29 is 19.8 Å². The summed E-state index contributed by atoms with van der Waals surface area (Å²) in [4.78, 5) is 38.6. The van der Waals surface area contributed by atoms with E-state index in [1.54, 1.807) is 12.1 Å². The third-order valence-corrected chi connectivity index (χ3v) is 3.98. The molecule has 0 saturated carbocycles. The van der Waals surface area contributed by atoms with Crippen LogP contribution in [-0.2, 0) is 0 Å². The molecular formula is C17H15N3O5. The van der Waals surface area contributed by atoms with Crippen LogP contribution in [0.5, 0.6) is 0 Å². The Hall–Kier alpha value is -3.42.